The van der Waals surface area contributed by atoms with Crippen LogP contribution in [0, 0.1) is 6.92 Å². The molecule has 0 saturated heterocycles. The molecule has 1 aliphatic rings. The van der Waals surface area contributed by atoms with E-state index in [-0.39, 0.29) is 11.6 Å². The van der Waals surface area contributed by atoms with Gasteiger partial charge in [-0.15, -0.1) is 0 Å². The van der Waals surface area contributed by atoms with Crippen molar-refractivity contribution in [2.75, 3.05) is 11.6 Å². The fraction of sp³-hybridized carbons (Fsp3) is 0.571. The van der Waals surface area contributed by atoms with E-state index in [0.29, 0.717) is 18.5 Å². The Labute approximate surface area is 122 Å². The molecule has 1 saturated carbocycles. The third kappa shape index (κ3) is 3.70. The second-order valence-electron chi connectivity index (χ2n) is 5.58. The third-order valence-electron chi connectivity index (χ3n) is 3.90. The van der Waals surface area contributed by atoms with Crippen LogP contribution in [0.2, 0.25) is 0 Å². The Bertz CT molecular complexity index is 626. The highest BCUT2D eigenvalue weighted by atomic mass is 32.2. The minimum absolute atomic E-state index is 0.152. The summed E-state index contributed by atoms with van der Waals surface area (Å²) < 4.78 is 62.0. The van der Waals surface area contributed by atoms with Crippen molar-refractivity contribution in [3.63, 3.8) is 0 Å². The molecule has 1 aromatic rings. The number of sulfone groups is 1. The lowest BCUT2D eigenvalue weighted by molar-refractivity contribution is -0.138. The van der Waals surface area contributed by atoms with Crippen LogP contribution in [-0.2, 0) is 16.0 Å². The van der Waals surface area contributed by atoms with Crippen molar-refractivity contribution in [3.8, 4) is 0 Å². The molecule has 0 bridgehead atoms. The van der Waals surface area contributed by atoms with Crippen LogP contribution in [0.1, 0.15) is 30.4 Å². The van der Waals surface area contributed by atoms with E-state index < -0.39 is 26.8 Å². The summed E-state index contributed by atoms with van der Waals surface area (Å²) in [6.07, 6.45) is -1.28. The number of hydrogen-bond donors (Lipinski definition) is 1. The van der Waals surface area contributed by atoms with Gasteiger partial charge in [-0.3, -0.25) is 0 Å². The van der Waals surface area contributed by atoms with Gasteiger partial charge in [0.2, 0.25) is 0 Å². The van der Waals surface area contributed by atoms with Crippen LogP contribution < -0.4 is 5.32 Å². The van der Waals surface area contributed by atoms with Gasteiger partial charge in [0, 0.05) is 18.0 Å². The van der Waals surface area contributed by atoms with Crippen LogP contribution >= 0.6 is 0 Å². The van der Waals surface area contributed by atoms with E-state index in [1.165, 1.54) is 19.2 Å². The minimum atomic E-state index is -4.41. The standard InChI is InChI=1S/C14H18F3NO2S/c1-9-6-7-10(8-11(9)14(15,16)17)18-12-4-3-5-13(12)21(2,19)20/h6-8,12-13,18H,3-5H2,1-2H3. The van der Waals surface area contributed by atoms with Crippen LogP contribution in [0.5, 0.6) is 0 Å². The van der Waals surface area contributed by atoms with Crippen molar-refractivity contribution >= 4 is 15.5 Å². The van der Waals surface area contributed by atoms with E-state index >= 15 is 0 Å². The number of halogens is 3. The fourth-order valence-electron chi connectivity index (χ4n) is 2.83. The summed E-state index contributed by atoms with van der Waals surface area (Å²) >= 11 is 0. The maximum Gasteiger partial charge on any atom is 0.416 e. The van der Waals surface area contributed by atoms with Crippen LogP contribution in [0.25, 0.3) is 0 Å². The highest BCUT2D eigenvalue weighted by molar-refractivity contribution is 7.91. The Morgan fingerprint density at radius 2 is 1.90 bits per heavy atom. The zero-order valence-electron chi connectivity index (χ0n) is 11.9. The van der Waals surface area contributed by atoms with Crippen LogP contribution in [0.3, 0.4) is 0 Å². The molecule has 7 heteroatoms. The number of nitrogens with one attached hydrogen (secondary N) is 1. The fourth-order valence-corrected chi connectivity index (χ4v) is 4.23. The topological polar surface area (TPSA) is 46.2 Å². The largest absolute Gasteiger partial charge is 0.416 e. The van der Waals surface area contributed by atoms with Crippen molar-refractivity contribution in [3.05, 3.63) is 29.3 Å². The molecule has 21 heavy (non-hydrogen) atoms. The van der Waals surface area contributed by atoms with Crippen LogP contribution in [-0.4, -0.2) is 26.0 Å². The van der Waals surface area contributed by atoms with Gasteiger partial charge >= 0.3 is 6.18 Å². The molecule has 0 radical (unpaired) electrons. The molecule has 3 nitrogen and oxygen atoms in total. The van der Waals surface area contributed by atoms with Gasteiger partial charge in [0.05, 0.1) is 10.8 Å². The number of aryl methyl sites for hydroxylation is 1. The predicted molar refractivity (Wildman–Crippen MR) is 76.1 cm³/mol. The number of benzene rings is 1. The molecule has 1 fully saturated rings. The molecule has 1 aromatic carbocycles. The zero-order valence-corrected chi connectivity index (χ0v) is 12.7. The van der Waals surface area contributed by atoms with Crippen molar-refractivity contribution in [1.29, 1.82) is 0 Å². The van der Waals surface area contributed by atoms with Gasteiger partial charge in [0.15, 0.2) is 9.84 Å². The second kappa shape index (κ2) is 5.51. The molecule has 2 atom stereocenters. The monoisotopic (exact) mass is 321 g/mol. The normalized spacial score (nSPS) is 23.3. The van der Waals surface area contributed by atoms with E-state index in [4.69, 9.17) is 0 Å². The number of rotatable bonds is 3. The molecular weight excluding hydrogens is 303 g/mol. The van der Waals surface area contributed by atoms with Gasteiger partial charge in [-0.05, 0) is 43.9 Å². The smallest absolute Gasteiger partial charge is 0.381 e. The van der Waals surface area contributed by atoms with Crippen molar-refractivity contribution in [2.24, 2.45) is 0 Å². The first-order valence-corrected chi connectivity index (χ1v) is 8.68. The lowest BCUT2D eigenvalue weighted by atomic mass is 10.1. The molecule has 1 N–H and O–H groups in total. The summed E-state index contributed by atoms with van der Waals surface area (Å²) in [6, 6.07) is 3.67. The first-order valence-electron chi connectivity index (χ1n) is 6.72. The summed E-state index contributed by atoms with van der Waals surface area (Å²) in [4.78, 5) is 0. The van der Waals surface area contributed by atoms with Gasteiger partial charge in [-0.2, -0.15) is 13.2 Å². The SMILES string of the molecule is Cc1ccc(NC2CCCC2S(C)(=O)=O)cc1C(F)(F)F. The molecule has 0 aliphatic heterocycles. The summed E-state index contributed by atoms with van der Waals surface area (Å²) in [5.74, 6) is 0. The highest BCUT2D eigenvalue weighted by Gasteiger charge is 2.36. The summed E-state index contributed by atoms with van der Waals surface area (Å²) in [7, 11) is -3.20. The average molecular weight is 321 g/mol. The van der Waals surface area contributed by atoms with Gasteiger partial charge in [-0.25, -0.2) is 8.42 Å². The number of alkyl halides is 3. The van der Waals surface area contributed by atoms with Crippen LogP contribution in [0.15, 0.2) is 18.2 Å². The average Bonchev–Trinajstić information content (AvgIpc) is 2.78. The van der Waals surface area contributed by atoms with E-state index in [9.17, 15) is 21.6 Å². The van der Waals surface area contributed by atoms with Gasteiger partial charge in [-0.1, -0.05) is 6.07 Å². The minimum Gasteiger partial charge on any atom is -0.381 e. The van der Waals surface area contributed by atoms with Gasteiger partial charge in [0.1, 0.15) is 0 Å². The number of anilines is 1. The Balaban J connectivity index is 2.24. The molecule has 1 aliphatic carbocycles. The van der Waals surface area contributed by atoms with Crippen molar-refractivity contribution < 1.29 is 21.6 Å². The number of hydrogen-bond acceptors (Lipinski definition) is 3. The quantitative estimate of drug-likeness (QED) is 0.928. The maximum atomic E-state index is 12.9. The summed E-state index contributed by atoms with van der Waals surface area (Å²) in [5, 5.41) is 2.42. The summed E-state index contributed by atoms with van der Waals surface area (Å²) in [6.45, 7) is 1.40. The lowest BCUT2D eigenvalue weighted by Crippen LogP contribution is -2.34. The maximum absolute atomic E-state index is 12.9. The molecule has 2 unspecified atom stereocenters. The molecule has 0 aromatic heterocycles. The highest BCUT2D eigenvalue weighted by Crippen LogP contribution is 2.34. The summed E-state index contributed by atoms with van der Waals surface area (Å²) in [5.41, 5.74) is -0.228. The molecule has 0 spiro atoms. The molecule has 118 valence electrons. The zero-order chi connectivity index (χ0) is 15.8. The molecule has 0 heterocycles. The predicted octanol–water partition coefficient (Wildman–Crippen LogP) is 3.39. The Morgan fingerprint density at radius 3 is 2.48 bits per heavy atom. The van der Waals surface area contributed by atoms with E-state index in [2.05, 4.69) is 5.32 Å². The Kier molecular flexibility index (Phi) is 4.24. The second-order valence-corrected chi connectivity index (χ2v) is 7.84. The van der Waals surface area contributed by atoms with E-state index in [0.717, 1.165) is 12.5 Å². The first-order chi connectivity index (χ1) is 9.59. The van der Waals surface area contributed by atoms with Gasteiger partial charge < -0.3 is 5.32 Å². The Morgan fingerprint density at radius 1 is 1.24 bits per heavy atom. The van der Waals surface area contributed by atoms with Crippen molar-refractivity contribution in [1.82, 2.24) is 0 Å². The molecule has 0 amide bonds. The molecule has 2 rings (SSSR count). The van der Waals surface area contributed by atoms with Crippen molar-refractivity contribution in [2.45, 2.75) is 43.7 Å². The lowest BCUT2D eigenvalue weighted by Gasteiger charge is -2.22. The van der Waals surface area contributed by atoms with Gasteiger partial charge in [0.25, 0.3) is 0 Å². The first kappa shape index (κ1) is 16.1. The Hall–Kier alpha value is -1.24. The van der Waals surface area contributed by atoms with E-state index in [1.54, 1.807) is 6.07 Å². The molecular formula is C14H18F3NO2S. The van der Waals surface area contributed by atoms with E-state index in [1.807, 2.05) is 0 Å². The van der Waals surface area contributed by atoms with Crippen LogP contribution in [0.4, 0.5) is 18.9 Å². The third-order valence-corrected chi connectivity index (χ3v) is 5.56.